The molecule has 0 bridgehead atoms. The average molecular weight is 252 g/mol. The fourth-order valence-corrected chi connectivity index (χ4v) is 1.18. The summed E-state index contributed by atoms with van der Waals surface area (Å²) in [4.78, 5) is -0.168. The molecule has 7 heteroatoms. The third-order valence-electron chi connectivity index (χ3n) is 1.76. The summed E-state index contributed by atoms with van der Waals surface area (Å²) in [5.74, 6) is -2.02. The molecular weight excluding hydrogens is 244 g/mol. The van der Waals surface area contributed by atoms with Gasteiger partial charge in [0.25, 0.3) is 6.43 Å². The van der Waals surface area contributed by atoms with Gasteiger partial charge in [-0.05, 0) is 12.1 Å². The number of rotatable bonds is 4. The molecule has 0 saturated heterocycles. The maximum absolute atomic E-state index is 13.3. The lowest BCUT2D eigenvalue weighted by Gasteiger charge is -2.09. The lowest BCUT2D eigenvalue weighted by Crippen LogP contribution is -2.15. The van der Waals surface area contributed by atoms with Crippen molar-refractivity contribution in [1.82, 2.24) is 0 Å². The molecular formula is C9H8F4N2S. The zero-order valence-corrected chi connectivity index (χ0v) is 8.75. The van der Waals surface area contributed by atoms with Crippen LogP contribution in [0.25, 0.3) is 0 Å². The Balaban J connectivity index is 2.98. The molecule has 0 atom stereocenters. The summed E-state index contributed by atoms with van der Waals surface area (Å²) >= 11 is 4.53. The minimum Gasteiger partial charge on any atom is -0.389 e. The van der Waals surface area contributed by atoms with E-state index in [1.54, 1.807) is 0 Å². The molecule has 16 heavy (non-hydrogen) atoms. The number of benzene rings is 1. The van der Waals surface area contributed by atoms with E-state index >= 15 is 0 Å². The standard InChI is InChI=1S/C9H8F4N2S/c10-5-1-4(9(14)16)2-6(11)8(5)15-3-7(12)13/h1-2,7,15H,3H2,(H2,14,16). The highest BCUT2D eigenvalue weighted by atomic mass is 32.1. The van der Waals surface area contributed by atoms with Gasteiger partial charge in [-0.2, -0.15) is 0 Å². The van der Waals surface area contributed by atoms with Crippen molar-refractivity contribution in [2.75, 3.05) is 11.9 Å². The van der Waals surface area contributed by atoms with Crippen molar-refractivity contribution >= 4 is 22.9 Å². The Kier molecular flexibility index (Phi) is 4.05. The Hall–Kier alpha value is -1.37. The van der Waals surface area contributed by atoms with Gasteiger partial charge in [-0.25, -0.2) is 17.6 Å². The molecule has 0 aliphatic heterocycles. The molecule has 88 valence electrons. The maximum Gasteiger partial charge on any atom is 0.255 e. The second-order valence-corrected chi connectivity index (χ2v) is 3.39. The minimum atomic E-state index is -2.70. The first kappa shape index (κ1) is 12.7. The van der Waals surface area contributed by atoms with Crippen molar-refractivity contribution in [3.63, 3.8) is 0 Å². The zero-order valence-electron chi connectivity index (χ0n) is 7.94. The third-order valence-corrected chi connectivity index (χ3v) is 2.00. The van der Waals surface area contributed by atoms with E-state index in [-0.39, 0.29) is 10.6 Å². The van der Waals surface area contributed by atoms with E-state index in [1.165, 1.54) is 0 Å². The second-order valence-electron chi connectivity index (χ2n) is 2.95. The van der Waals surface area contributed by atoms with Crippen molar-refractivity contribution in [2.45, 2.75) is 6.43 Å². The Morgan fingerprint density at radius 2 is 1.81 bits per heavy atom. The number of hydrogen-bond acceptors (Lipinski definition) is 2. The average Bonchev–Trinajstić information content (AvgIpc) is 2.15. The van der Waals surface area contributed by atoms with Crippen LogP contribution in [0.15, 0.2) is 12.1 Å². The minimum absolute atomic E-state index is 0.00703. The maximum atomic E-state index is 13.3. The molecule has 0 unspecified atom stereocenters. The summed E-state index contributed by atoms with van der Waals surface area (Å²) in [7, 11) is 0. The van der Waals surface area contributed by atoms with Gasteiger partial charge in [0.1, 0.15) is 22.3 Å². The SMILES string of the molecule is NC(=S)c1cc(F)c(NCC(F)F)c(F)c1. The number of thiocarbonyl (C=S) groups is 1. The smallest absolute Gasteiger partial charge is 0.255 e. The first-order valence-electron chi connectivity index (χ1n) is 4.22. The van der Waals surface area contributed by atoms with E-state index in [9.17, 15) is 17.6 Å². The predicted octanol–water partition coefficient (Wildman–Crippen LogP) is 2.28. The quantitative estimate of drug-likeness (QED) is 0.637. The number of nitrogens with one attached hydrogen (secondary N) is 1. The van der Waals surface area contributed by atoms with Gasteiger partial charge in [-0.15, -0.1) is 0 Å². The fraction of sp³-hybridized carbons (Fsp3) is 0.222. The molecule has 0 aliphatic rings. The molecule has 1 aromatic rings. The Labute approximate surface area is 94.4 Å². The first-order chi connectivity index (χ1) is 7.41. The van der Waals surface area contributed by atoms with E-state index in [2.05, 4.69) is 12.2 Å². The van der Waals surface area contributed by atoms with Crippen molar-refractivity contribution < 1.29 is 17.6 Å². The van der Waals surface area contributed by atoms with Crippen LogP contribution in [0, 0.1) is 11.6 Å². The van der Waals surface area contributed by atoms with E-state index in [1.807, 2.05) is 5.32 Å². The predicted molar refractivity (Wildman–Crippen MR) is 56.7 cm³/mol. The monoisotopic (exact) mass is 252 g/mol. The van der Waals surface area contributed by atoms with Crippen LogP contribution in [0.5, 0.6) is 0 Å². The first-order valence-corrected chi connectivity index (χ1v) is 4.63. The molecule has 0 radical (unpaired) electrons. The Morgan fingerprint density at radius 1 is 1.31 bits per heavy atom. The largest absolute Gasteiger partial charge is 0.389 e. The summed E-state index contributed by atoms with van der Waals surface area (Å²) in [6.07, 6.45) is -2.70. The molecule has 0 heterocycles. The Bertz CT molecular complexity index is 385. The number of nitrogens with two attached hydrogens (primary N) is 1. The molecule has 1 aromatic carbocycles. The van der Waals surface area contributed by atoms with Crippen LogP contribution < -0.4 is 11.1 Å². The van der Waals surface area contributed by atoms with E-state index in [4.69, 9.17) is 5.73 Å². The van der Waals surface area contributed by atoms with Crippen LogP contribution in [0.3, 0.4) is 0 Å². The molecule has 0 fully saturated rings. The van der Waals surface area contributed by atoms with Gasteiger partial charge in [-0.3, -0.25) is 0 Å². The highest BCUT2D eigenvalue weighted by Crippen LogP contribution is 2.21. The van der Waals surface area contributed by atoms with E-state index in [0.29, 0.717) is 0 Å². The molecule has 0 saturated carbocycles. The van der Waals surface area contributed by atoms with Crippen LogP contribution in [0.2, 0.25) is 0 Å². The number of alkyl halides is 2. The van der Waals surface area contributed by atoms with Crippen LogP contribution in [-0.2, 0) is 0 Å². The van der Waals surface area contributed by atoms with Gasteiger partial charge in [0.05, 0.1) is 6.54 Å². The molecule has 3 N–H and O–H groups in total. The highest BCUT2D eigenvalue weighted by Gasteiger charge is 2.13. The van der Waals surface area contributed by atoms with Crippen molar-refractivity contribution in [2.24, 2.45) is 5.73 Å². The summed E-state index contributed by atoms with van der Waals surface area (Å²) in [6.45, 7) is -0.833. The van der Waals surface area contributed by atoms with Crippen molar-refractivity contribution in [3.8, 4) is 0 Å². The summed E-state index contributed by atoms with van der Waals surface area (Å²) in [6, 6.07) is 1.78. The molecule has 1 rings (SSSR count). The molecule has 2 nitrogen and oxygen atoms in total. The third kappa shape index (κ3) is 3.06. The molecule has 0 aliphatic carbocycles. The summed E-state index contributed by atoms with van der Waals surface area (Å²) in [5, 5.41) is 1.96. The van der Waals surface area contributed by atoms with Gasteiger partial charge < -0.3 is 11.1 Å². The van der Waals surface area contributed by atoms with Gasteiger partial charge >= 0.3 is 0 Å². The van der Waals surface area contributed by atoms with Gasteiger partial charge in [0.2, 0.25) is 0 Å². The van der Waals surface area contributed by atoms with Crippen LogP contribution in [0.4, 0.5) is 23.2 Å². The van der Waals surface area contributed by atoms with E-state index < -0.39 is 30.3 Å². The van der Waals surface area contributed by atoms with Crippen molar-refractivity contribution in [1.29, 1.82) is 0 Å². The topological polar surface area (TPSA) is 38.0 Å². The summed E-state index contributed by atoms with van der Waals surface area (Å²) in [5.41, 5.74) is 4.58. The normalized spacial score (nSPS) is 10.6. The summed E-state index contributed by atoms with van der Waals surface area (Å²) < 4.78 is 50.2. The number of anilines is 1. The zero-order chi connectivity index (χ0) is 12.3. The van der Waals surface area contributed by atoms with Crippen LogP contribution >= 0.6 is 12.2 Å². The molecule has 0 spiro atoms. The van der Waals surface area contributed by atoms with Crippen LogP contribution in [-0.4, -0.2) is 18.0 Å². The fourth-order valence-electron chi connectivity index (χ4n) is 1.06. The second kappa shape index (κ2) is 5.11. The van der Waals surface area contributed by atoms with Crippen LogP contribution in [0.1, 0.15) is 5.56 Å². The lowest BCUT2D eigenvalue weighted by atomic mass is 10.2. The lowest BCUT2D eigenvalue weighted by molar-refractivity contribution is 0.163. The molecule has 0 amide bonds. The van der Waals surface area contributed by atoms with Gasteiger partial charge in [-0.1, -0.05) is 12.2 Å². The van der Waals surface area contributed by atoms with Gasteiger partial charge in [0.15, 0.2) is 0 Å². The number of halogens is 4. The van der Waals surface area contributed by atoms with Gasteiger partial charge in [0, 0.05) is 5.56 Å². The Morgan fingerprint density at radius 3 is 2.19 bits per heavy atom. The van der Waals surface area contributed by atoms with E-state index in [0.717, 1.165) is 12.1 Å². The molecule has 0 aromatic heterocycles. The van der Waals surface area contributed by atoms with Crippen molar-refractivity contribution in [3.05, 3.63) is 29.3 Å². The number of hydrogen-bond donors (Lipinski definition) is 2. The highest BCUT2D eigenvalue weighted by molar-refractivity contribution is 7.80.